The maximum atomic E-state index is 12.5. The molecule has 0 saturated heterocycles. The van der Waals surface area contributed by atoms with Gasteiger partial charge in [-0.3, -0.25) is 9.79 Å². The number of thiophene rings is 1. The van der Waals surface area contributed by atoms with Gasteiger partial charge in [0.25, 0.3) is 0 Å². The summed E-state index contributed by atoms with van der Waals surface area (Å²) in [5.74, 6) is 2.42. The number of ether oxygens (including phenoxy) is 2. The van der Waals surface area contributed by atoms with Crippen LogP contribution in [0.3, 0.4) is 0 Å². The highest BCUT2D eigenvalue weighted by molar-refractivity contribution is 14.0. The largest absolute Gasteiger partial charge is 0.497 e. The molecule has 2 heterocycles. The molecule has 1 aliphatic heterocycles. The molecule has 0 spiro atoms. The van der Waals surface area contributed by atoms with E-state index in [-0.39, 0.29) is 29.9 Å². The molecule has 0 bridgehead atoms. The van der Waals surface area contributed by atoms with Crippen LogP contribution in [-0.4, -0.2) is 57.2 Å². The number of nitrogens with one attached hydrogen (secondary N) is 2. The Hall–Kier alpha value is -2.01. The van der Waals surface area contributed by atoms with E-state index in [1.807, 2.05) is 29.2 Å². The third-order valence-electron chi connectivity index (χ3n) is 4.74. The van der Waals surface area contributed by atoms with E-state index < -0.39 is 0 Å². The highest BCUT2D eigenvalue weighted by Crippen LogP contribution is 2.24. The Morgan fingerprint density at radius 3 is 2.63 bits per heavy atom. The van der Waals surface area contributed by atoms with Gasteiger partial charge in [0.1, 0.15) is 18.1 Å². The van der Waals surface area contributed by atoms with Crippen LogP contribution < -0.4 is 20.1 Å². The van der Waals surface area contributed by atoms with E-state index in [4.69, 9.17) is 9.47 Å². The number of carbonyl (C=O) groups is 1. The summed E-state index contributed by atoms with van der Waals surface area (Å²) >= 11 is 1.78. The first-order chi connectivity index (χ1) is 14.2. The van der Waals surface area contributed by atoms with Crippen LogP contribution in [0.2, 0.25) is 0 Å². The molecule has 1 aliphatic rings. The van der Waals surface area contributed by atoms with Gasteiger partial charge in [0.15, 0.2) is 5.96 Å². The van der Waals surface area contributed by atoms with Gasteiger partial charge < -0.3 is 25.0 Å². The molecule has 0 fully saturated rings. The standard InChI is InChI=1S/C21H28N4O3S.HI/c1-22-21(24-11-13-28-18-5-3-17(27-2)4-6-18)23-10-7-20(26)25-12-8-19-16(15-25)9-14-29-19;/h3-6,9,14H,7-8,10-13,15H2,1-2H3,(H2,22,23,24);1H. The summed E-state index contributed by atoms with van der Waals surface area (Å²) in [4.78, 5) is 20.0. The Morgan fingerprint density at radius 1 is 1.17 bits per heavy atom. The Bertz CT molecular complexity index is 826. The molecule has 2 N–H and O–H groups in total. The highest BCUT2D eigenvalue weighted by Gasteiger charge is 2.20. The van der Waals surface area contributed by atoms with Crippen LogP contribution >= 0.6 is 35.3 Å². The summed E-state index contributed by atoms with van der Waals surface area (Å²) in [7, 11) is 3.35. The number of hydrogen-bond acceptors (Lipinski definition) is 5. The van der Waals surface area contributed by atoms with Crippen LogP contribution in [0, 0.1) is 0 Å². The van der Waals surface area contributed by atoms with Crippen LogP contribution in [0.5, 0.6) is 11.5 Å². The number of halogens is 1. The van der Waals surface area contributed by atoms with E-state index in [0.717, 1.165) is 31.0 Å². The first-order valence-corrected chi connectivity index (χ1v) is 10.6. The first-order valence-electron chi connectivity index (χ1n) is 9.74. The van der Waals surface area contributed by atoms with Gasteiger partial charge in [0.05, 0.1) is 13.7 Å². The predicted molar refractivity (Wildman–Crippen MR) is 131 cm³/mol. The number of methoxy groups -OCH3 is 1. The van der Waals surface area contributed by atoms with Crippen LogP contribution in [0.1, 0.15) is 16.9 Å². The minimum atomic E-state index is 0. The zero-order valence-electron chi connectivity index (χ0n) is 17.3. The lowest BCUT2D eigenvalue weighted by atomic mass is 10.1. The van der Waals surface area contributed by atoms with Crippen molar-refractivity contribution >= 4 is 47.2 Å². The average Bonchev–Trinajstić information content (AvgIpc) is 3.23. The molecule has 1 aromatic carbocycles. The monoisotopic (exact) mass is 544 g/mol. The second-order valence-corrected chi connectivity index (χ2v) is 7.63. The molecule has 1 amide bonds. The smallest absolute Gasteiger partial charge is 0.224 e. The molecule has 0 saturated carbocycles. The predicted octanol–water partition coefficient (Wildman–Crippen LogP) is 2.89. The van der Waals surface area contributed by atoms with Gasteiger partial charge in [-0.1, -0.05) is 0 Å². The zero-order valence-corrected chi connectivity index (χ0v) is 20.5. The number of nitrogens with zero attached hydrogens (tertiary/aromatic N) is 2. The molecule has 30 heavy (non-hydrogen) atoms. The molecule has 3 rings (SSSR count). The van der Waals surface area contributed by atoms with Crippen LogP contribution in [0.4, 0.5) is 0 Å². The number of amides is 1. The fourth-order valence-corrected chi connectivity index (χ4v) is 4.03. The first kappa shape index (κ1) is 24.3. The third kappa shape index (κ3) is 7.05. The van der Waals surface area contributed by atoms with Crippen molar-refractivity contribution in [2.24, 2.45) is 4.99 Å². The Balaban J connectivity index is 0.00000320. The minimum absolute atomic E-state index is 0. The quantitative estimate of drug-likeness (QED) is 0.232. The summed E-state index contributed by atoms with van der Waals surface area (Å²) in [5, 5.41) is 8.48. The summed E-state index contributed by atoms with van der Waals surface area (Å²) in [6, 6.07) is 9.59. The van der Waals surface area contributed by atoms with E-state index in [1.165, 1.54) is 10.4 Å². The van der Waals surface area contributed by atoms with Gasteiger partial charge in [-0.2, -0.15) is 0 Å². The van der Waals surface area contributed by atoms with E-state index >= 15 is 0 Å². The Morgan fingerprint density at radius 2 is 1.90 bits per heavy atom. The normalized spacial score (nSPS) is 13.1. The Labute approximate surface area is 198 Å². The van der Waals surface area contributed by atoms with Gasteiger partial charge >= 0.3 is 0 Å². The van der Waals surface area contributed by atoms with Gasteiger partial charge in [-0.15, -0.1) is 35.3 Å². The zero-order chi connectivity index (χ0) is 20.5. The highest BCUT2D eigenvalue weighted by atomic mass is 127. The van der Waals surface area contributed by atoms with Crippen molar-refractivity contribution in [1.82, 2.24) is 15.5 Å². The molecule has 7 nitrogen and oxygen atoms in total. The SMILES string of the molecule is CN=C(NCCOc1ccc(OC)cc1)NCCC(=O)N1CCc2sccc2C1.I. The Kier molecular flexibility index (Phi) is 10.2. The lowest BCUT2D eigenvalue weighted by Gasteiger charge is -2.27. The molecular weight excluding hydrogens is 515 g/mol. The second kappa shape index (κ2) is 12.6. The molecule has 0 aliphatic carbocycles. The van der Waals surface area contributed by atoms with Crippen molar-refractivity contribution < 1.29 is 14.3 Å². The van der Waals surface area contributed by atoms with E-state index in [1.54, 1.807) is 25.5 Å². The number of carbonyl (C=O) groups excluding carboxylic acids is 1. The van der Waals surface area contributed by atoms with Crippen LogP contribution in [0.25, 0.3) is 0 Å². The third-order valence-corrected chi connectivity index (χ3v) is 5.76. The fourth-order valence-electron chi connectivity index (χ4n) is 3.14. The van der Waals surface area contributed by atoms with E-state index in [9.17, 15) is 4.79 Å². The van der Waals surface area contributed by atoms with Gasteiger partial charge in [0.2, 0.25) is 5.91 Å². The van der Waals surface area contributed by atoms with Gasteiger partial charge in [-0.05, 0) is 47.7 Å². The van der Waals surface area contributed by atoms with Crippen molar-refractivity contribution in [3.63, 3.8) is 0 Å². The molecule has 0 radical (unpaired) electrons. The lowest BCUT2D eigenvalue weighted by molar-refractivity contribution is -0.131. The maximum Gasteiger partial charge on any atom is 0.224 e. The molecular formula is C21H29IN4O3S. The summed E-state index contributed by atoms with van der Waals surface area (Å²) in [6.45, 7) is 3.19. The van der Waals surface area contributed by atoms with E-state index in [0.29, 0.717) is 32.1 Å². The number of aliphatic imine (C=N–C) groups is 1. The number of guanidine groups is 1. The lowest BCUT2D eigenvalue weighted by Crippen LogP contribution is -2.42. The number of fused-ring (bicyclic) bond motifs is 1. The summed E-state index contributed by atoms with van der Waals surface area (Å²) in [6.07, 6.45) is 1.41. The topological polar surface area (TPSA) is 75.2 Å². The van der Waals surface area contributed by atoms with Crippen molar-refractivity contribution in [3.8, 4) is 11.5 Å². The van der Waals surface area contributed by atoms with Gasteiger partial charge in [0, 0.05) is 38.0 Å². The molecule has 0 unspecified atom stereocenters. The molecule has 1 aromatic heterocycles. The average molecular weight is 544 g/mol. The molecule has 9 heteroatoms. The molecule has 164 valence electrons. The maximum absolute atomic E-state index is 12.5. The van der Waals surface area contributed by atoms with Crippen molar-refractivity contribution in [3.05, 3.63) is 46.2 Å². The fraction of sp³-hybridized carbons (Fsp3) is 0.429. The summed E-state index contributed by atoms with van der Waals surface area (Å²) in [5.41, 5.74) is 1.29. The second-order valence-electron chi connectivity index (χ2n) is 6.63. The number of rotatable bonds is 8. The van der Waals surface area contributed by atoms with Crippen molar-refractivity contribution in [2.75, 3.05) is 40.4 Å². The number of hydrogen-bond donors (Lipinski definition) is 2. The van der Waals surface area contributed by atoms with Crippen LogP contribution in [0.15, 0.2) is 40.7 Å². The number of benzene rings is 1. The van der Waals surface area contributed by atoms with Crippen molar-refractivity contribution in [1.29, 1.82) is 0 Å². The van der Waals surface area contributed by atoms with Crippen LogP contribution in [-0.2, 0) is 17.8 Å². The minimum Gasteiger partial charge on any atom is -0.497 e. The van der Waals surface area contributed by atoms with Gasteiger partial charge in [-0.25, -0.2) is 0 Å². The molecule has 2 aromatic rings. The van der Waals surface area contributed by atoms with E-state index in [2.05, 4.69) is 27.1 Å². The van der Waals surface area contributed by atoms with Crippen molar-refractivity contribution in [2.45, 2.75) is 19.4 Å². The summed E-state index contributed by atoms with van der Waals surface area (Å²) < 4.78 is 10.8. The molecule has 0 atom stereocenters.